The Morgan fingerprint density at radius 1 is 0.375 bits per heavy atom. The molecule has 0 aromatic heterocycles. The van der Waals surface area contributed by atoms with E-state index in [0.29, 0.717) is 0 Å². The van der Waals surface area contributed by atoms with Crippen molar-refractivity contribution >= 4 is 11.6 Å². The van der Waals surface area contributed by atoms with Crippen LogP contribution in [0.2, 0.25) is 0 Å². The predicted molar refractivity (Wildman–Crippen MR) is 137 cm³/mol. The molecule has 0 aliphatic carbocycles. The van der Waals surface area contributed by atoms with Gasteiger partial charge < -0.3 is 0 Å². The van der Waals surface area contributed by atoms with Crippen LogP contribution in [-0.2, 0) is 0 Å². The lowest BCUT2D eigenvalue weighted by atomic mass is 9.89. The summed E-state index contributed by atoms with van der Waals surface area (Å²) in [5.41, 5.74) is 9.80. The minimum atomic E-state index is 1.21. The van der Waals surface area contributed by atoms with E-state index in [0.717, 1.165) is 0 Å². The molecule has 0 bridgehead atoms. The van der Waals surface area contributed by atoms with Crippen LogP contribution in [0.4, 0.5) is 0 Å². The van der Waals surface area contributed by atoms with E-state index in [1.165, 1.54) is 44.5 Å². The van der Waals surface area contributed by atoms with Crippen molar-refractivity contribution < 1.29 is 0 Å². The summed E-state index contributed by atoms with van der Waals surface area (Å²) >= 11 is 0. The van der Waals surface area contributed by atoms with Crippen molar-refractivity contribution in [3.63, 3.8) is 0 Å². The lowest BCUT2D eigenvalue weighted by Gasteiger charge is -2.15. The Morgan fingerprint density at radius 3 is 1.41 bits per heavy atom. The standard InChI is InChI=1S/C32H24/c1-4-14-25(15-5-1)29-21-12-13-23-31(29)30-22-11-10-20-28(30)24-32(26-16-6-2-7-17-26)27-18-8-3-9-19-27/h1-24H. The molecular weight excluding hydrogens is 384 g/mol. The van der Waals surface area contributed by atoms with Crippen molar-refractivity contribution in [3.05, 3.63) is 156 Å². The molecule has 5 aromatic carbocycles. The quantitative estimate of drug-likeness (QED) is 0.255. The summed E-state index contributed by atoms with van der Waals surface area (Å²) in [7, 11) is 0. The van der Waals surface area contributed by atoms with E-state index in [1.54, 1.807) is 0 Å². The Balaban J connectivity index is 1.70. The number of rotatable bonds is 5. The van der Waals surface area contributed by atoms with Crippen molar-refractivity contribution in [2.24, 2.45) is 0 Å². The number of hydrogen-bond donors (Lipinski definition) is 0. The van der Waals surface area contributed by atoms with E-state index in [9.17, 15) is 0 Å². The van der Waals surface area contributed by atoms with Gasteiger partial charge in [0.05, 0.1) is 0 Å². The summed E-state index contributed by atoms with van der Waals surface area (Å²) in [6.07, 6.45) is 2.32. The maximum atomic E-state index is 2.32. The van der Waals surface area contributed by atoms with Gasteiger partial charge in [0, 0.05) is 0 Å². The average Bonchev–Trinajstić information content (AvgIpc) is 2.89. The Hall–Kier alpha value is -4.16. The molecule has 0 aliphatic rings. The van der Waals surface area contributed by atoms with E-state index in [4.69, 9.17) is 0 Å². The first-order valence-electron chi connectivity index (χ1n) is 11.0. The van der Waals surface area contributed by atoms with Crippen molar-refractivity contribution in [3.8, 4) is 22.3 Å². The predicted octanol–water partition coefficient (Wildman–Crippen LogP) is 8.61. The lowest BCUT2D eigenvalue weighted by molar-refractivity contribution is 1.54. The highest BCUT2D eigenvalue weighted by molar-refractivity contribution is 5.96. The largest absolute Gasteiger partial charge is 0.0622 e. The molecule has 0 radical (unpaired) electrons. The molecule has 0 amide bonds. The molecule has 0 heterocycles. The molecule has 0 fully saturated rings. The molecule has 0 aliphatic heterocycles. The van der Waals surface area contributed by atoms with Crippen LogP contribution in [0.1, 0.15) is 16.7 Å². The molecular formula is C32H24. The second kappa shape index (κ2) is 9.32. The Labute approximate surface area is 190 Å². The van der Waals surface area contributed by atoms with Gasteiger partial charge >= 0.3 is 0 Å². The van der Waals surface area contributed by atoms with Crippen LogP contribution in [0.5, 0.6) is 0 Å². The van der Waals surface area contributed by atoms with Crippen LogP contribution >= 0.6 is 0 Å². The summed E-state index contributed by atoms with van der Waals surface area (Å²) in [6, 6.07) is 49.2. The van der Waals surface area contributed by atoms with E-state index in [-0.39, 0.29) is 0 Å². The van der Waals surface area contributed by atoms with Gasteiger partial charge in [-0.3, -0.25) is 0 Å². The maximum absolute atomic E-state index is 2.32. The average molecular weight is 409 g/mol. The van der Waals surface area contributed by atoms with Gasteiger partial charge in [-0.25, -0.2) is 0 Å². The van der Waals surface area contributed by atoms with Gasteiger partial charge in [0.25, 0.3) is 0 Å². The molecule has 0 saturated heterocycles. The van der Waals surface area contributed by atoms with Gasteiger partial charge in [-0.05, 0) is 50.6 Å². The third-order valence-corrected chi connectivity index (χ3v) is 5.73. The van der Waals surface area contributed by atoms with Crippen LogP contribution in [0.15, 0.2) is 140 Å². The topological polar surface area (TPSA) is 0 Å². The Kier molecular flexibility index (Phi) is 5.76. The van der Waals surface area contributed by atoms with Crippen molar-refractivity contribution in [1.82, 2.24) is 0 Å². The number of hydrogen-bond acceptors (Lipinski definition) is 0. The second-order valence-corrected chi connectivity index (χ2v) is 7.79. The van der Waals surface area contributed by atoms with E-state index in [2.05, 4.69) is 146 Å². The molecule has 0 nitrogen and oxygen atoms in total. The van der Waals surface area contributed by atoms with Crippen molar-refractivity contribution in [2.45, 2.75) is 0 Å². The molecule has 152 valence electrons. The minimum absolute atomic E-state index is 1.21. The molecule has 32 heavy (non-hydrogen) atoms. The summed E-state index contributed by atoms with van der Waals surface area (Å²) in [4.78, 5) is 0. The maximum Gasteiger partial charge on any atom is -0.00994 e. The zero-order valence-corrected chi connectivity index (χ0v) is 17.9. The van der Waals surface area contributed by atoms with Crippen LogP contribution in [-0.4, -0.2) is 0 Å². The monoisotopic (exact) mass is 408 g/mol. The third kappa shape index (κ3) is 4.17. The van der Waals surface area contributed by atoms with E-state index in [1.807, 2.05) is 0 Å². The summed E-state index contributed by atoms with van der Waals surface area (Å²) in [6.45, 7) is 0. The highest BCUT2D eigenvalue weighted by Gasteiger charge is 2.11. The van der Waals surface area contributed by atoms with Gasteiger partial charge in [0.1, 0.15) is 0 Å². The van der Waals surface area contributed by atoms with Gasteiger partial charge in [0.15, 0.2) is 0 Å². The first-order valence-corrected chi connectivity index (χ1v) is 11.0. The lowest BCUT2D eigenvalue weighted by Crippen LogP contribution is -1.91. The van der Waals surface area contributed by atoms with Crippen molar-refractivity contribution in [2.75, 3.05) is 0 Å². The molecule has 5 rings (SSSR count). The molecule has 0 spiro atoms. The van der Waals surface area contributed by atoms with Crippen LogP contribution in [0, 0.1) is 0 Å². The summed E-state index contributed by atoms with van der Waals surface area (Å²) in [5, 5.41) is 0. The van der Waals surface area contributed by atoms with Gasteiger partial charge in [0.2, 0.25) is 0 Å². The highest BCUT2D eigenvalue weighted by atomic mass is 14.2. The molecule has 0 atom stereocenters. The molecule has 0 unspecified atom stereocenters. The molecule has 0 N–H and O–H groups in total. The van der Waals surface area contributed by atoms with E-state index >= 15 is 0 Å². The first kappa shape index (κ1) is 19.8. The molecule has 0 heteroatoms. The minimum Gasteiger partial charge on any atom is -0.0622 e. The fourth-order valence-electron chi connectivity index (χ4n) is 4.18. The Morgan fingerprint density at radius 2 is 0.812 bits per heavy atom. The second-order valence-electron chi connectivity index (χ2n) is 7.79. The van der Waals surface area contributed by atoms with Gasteiger partial charge in [-0.1, -0.05) is 140 Å². The molecule has 0 saturated carbocycles. The normalized spacial score (nSPS) is 10.5. The zero-order chi connectivity index (χ0) is 21.6. The Bertz CT molecular complexity index is 1290. The van der Waals surface area contributed by atoms with Crippen LogP contribution < -0.4 is 0 Å². The fourth-order valence-corrected chi connectivity index (χ4v) is 4.18. The van der Waals surface area contributed by atoms with Crippen molar-refractivity contribution in [1.29, 1.82) is 0 Å². The zero-order valence-electron chi connectivity index (χ0n) is 17.9. The summed E-state index contributed by atoms with van der Waals surface area (Å²) < 4.78 is 0. The van der Waals surface area contributed by atoms with Gasteiger partial charge in [-0.2, -0.15) is 0 Å². The smallest absolute Gasteiger partial charge is 0.00994 e. The third-order valence-electron chi connectivity index (χ3n) is 5.73. The van der Waals surface area contributed by atoms with Crippen LogP contribution in [0.25, 0.3) is 33.9 Å². The van der Waals surface area contributed by atoms with Gasteiger partial charge in [-0.15, -0.1) is 0 Å². The first-order chi connectivity index (χ1) is 15.9. The molecule has 5 aromatic rings. The number of benzene rings is 5. The van der Waals surface area contributed by atoms with Crippen LogP contribution in [0.3, 0.4) is 0 Å². The fraction of sp³-hybridized carbons (Fsp3) is 0. The SMILES string of the molecule is C(=C(c1ccccc1)c1ccccc1)c1ccccc1-c1ccccc1-c1ccccc1. The summed E-state index contributed by atoms with van der Waals surface area (Å²) in [5.74, 6) is 0. The highest BCUT2D eigenvalue weighted by Crippen LogP contribution is 2.36. The van der Waals surface area contributed by atoms with E-state index < -0.39 is 0 Å².